The van der Waals surface area contributed by atoms with Crippen LogP contribution in [-0.2, 0) is 9.53 Å². The molecule has 1 saturated heterocycles. The van der Waals surface area contributed by atoms with E-state index in [0.29, 0.717) is 25.6 Å². The molecule has 6 nitrogen and oxygen atoms in total. The van der Waals surface area contributed by atoms with Crippen molar-refractivity contribution in [2.45, 2.75) is 32.3 Å². The Balaban J connectivity index is 1.64. The SMILES string of the molecule is CC(CNC(=O)N1CC(C)(OCC(=O)O)C1)C1CC1. The van der Waals surface area contributed by atoms with Crippen LogP contribution in [-0.4, -0.2) is 53.8 Å². The monoisotopic (exact) mass is 270 g/mol. The molecule has 2 amide bonds. The van der Waals surface area contributed by atoms with Gasteiger partial charge < -0.3 is 20.1 Å². The Morgan fingerprint density at radius 2 is 2.11 bits per heavy atom. The maximum atomic E-state index is 11.8. The number of ether oxygens (including phenoxy) is 1. The molecular formula is C13H22N2O4. The molecule has 0 aromatic heterocycles. The van der Waals surface area contributed by atoms with Crippen LogP contribution in [0.1, 0.15) is 26.7 Å². The smallest absolute Gasteiger partial charge is 0.329 e. The van der Waals surface area contributed by atoms with Gasteiger partial charge in [-0.15, -0.1) is 0 Å². The molecule has 1 aliphatic carbocycles. The summed E-state index contributed by atoms with van der Waals surface area (Å²) in [7, 11) is 0. The summed E-state index contributed by atoms with van der Waals surface area (Å²) in [6.45, 7) is 5.28. The third kappa shape index (κ3) is 3.83. The number of urea groups is 1. The molecule has 2 fully saturated rings. The van der Waals surface area contributed by atoms with E-state index >= 15 is 0 Å². The maximum Gasteiger partial charge on any atom is 0.329 e. The number of hydrogen-bond donors (Lipinski definition) is 2. The number of carbonyl (C=O) groups is 2. The van der Waals surface area contributed by atoms with Gasteiger partial charge in [-0.25, -0.2) is 9.59 Å². The average Bonchev–Trinajstić information content (AvgIpc) is 3.13. The first-order chi connectivity index (χ1) is 8.89. The largest absolute Gasteiger partial charge is 0.480 e. The minimum atomic E-state index is -0.984. The Bertz CT molecular complexity index is 362. The van der Waals surface area contributed by atoms with Gasteiger partial charge in [-0.1, -0.05) is 6.92 Å². The molecule has 1 atom stereocenters. The lowest BCUT2D eigenvalue weighted by molar-refractivity contribution is -0.159. The van der Waals surface area contributed by atoms with Crippen LogP contribution in [0.4, 0.5) is 4.79 Å². The summed E-state index contributed by atoms with van der Waals surface area (Å²) in [5.74, 6) is 0.336. The fourth-order valence-corrected chi connectivity index (χ4v) is 2.42. The number of carbonyl (C=O) groups excluding carboxylic acids is 1. The lowest BCUT2D eigenvalue weighted by Gasteiger charge is -2.47. The second-order valence-electron chi connectivity index (χ2n) is 5.99. The number of nitrogens with one attached hydrogen (secondary N) is 1. The molecule has 0 aromatic rings. The molecule has 1 saturated carbocycles. The van der Waals surface area contributed by atoms with Crippen molar-refractivity contribution >= 4 is 12.0 Å². The second kappa shape index (κ2) is 5.36. The summed E-state index contributed by atoms with van der Waals surface area (Å²) in [4.78, 5) is 23.9. The molecule has 6 heteroatoms. The molecule has 1 heterocycles. The maximum absolute atomic E-state index is 11.8. The van der Waals surface area contributed by atoms with Gasteiger partial charge in [0.15, 0.2) is 0 Å². The molecule has 0 aromatic carbocycles. The minimum absolute atomic E-state index is 0.0797. The molecule has 2 N–H and O–H groups in total. The van der Waals surface area contributed by atoms with Crippen LogP contribution in [0, 0.1) is 11.8 Å². The van der Waals surface area contributed by atoms with Crippen LogP contribution >= 0.6 is 0 Å². The summed E-state index contributed by atoms with van der Waals surface area (Å²) >= 11 is 0. The van der Waals surface area contributed by atoms with Crippen LogP contribution in [0.5, 0.6) is 0 Å². The van der Waals surface area contributed by atoms with E-state index in [1.54, 1.807) is 4.90 Å². The zero-order chi connectivity index (χ0) is 14.0. The lowest BCUT2D eigenvalue weighted by Crippen LogP contribution is -2.65. The van der Waals surface area contributed by atoms with Gasteiger partial charge in [-0.2, -0.15) is 0 Å². The number of carboxylic acid groups (broad SMARTS) is 1. The zero-order valence-electron chi connectivity index (χ0n) is 11.5. The van der Waals surface area contributed by atoms with E-state index in [0.717, 1.165) is 5.92 Å². The van der Waals surface area contributed by atoms with Gasteiger partial charge in [0.05, 0.1) is 13.1 Å². The first-order valence-corrected chi connectivity index (χ1v) is 6.78. The van der Waals surface area contributed by atoms with Crippen molar-refractivity contribution in [3.05, 3.63) is 0 Å². The number of nitrogens with zero attached hydrogens (tertiary/aromatic N) is 1. The number of rotatable bonds is 6. The van der Waals surface area contributed by atoms with Crippen molar-refractivity contribution in [3.63, 3.8) is 0 Å². The van der Waals surface area contributed by atoms with Gasteiger partial charge in [-0.05, 0) is 31.6 Å². The summed E-state index contributed by atoms with van der Waals surface area (Å²) in [6, 6.07) is -0.0797. The normalized spacial score (nSPS) is 22.5. The number of amides is 2. The van der Waals surface area contributed by atoms with Crippen LogP contribution in [0.3, 0.4) is 0 Å². The van der Waals surface area contributed by atoms with Gasteiger partial charge in [0.2, 0.25) is 0 Å². The molecule has 2 aliphatic rings. The van der Waals surface area contributed by atoms with Crippen molar-refractivity contribution in [2.75, 3.05) is 26.2 Å². The van der Waals surface area contributed by atoms with E-state index < -0.39 is 11.6 Å². The van der Waals surface area contributed by atoms with E-state index in [2.05, 4.69) is 12.2 Å². The third-order valence-corrected chi connectivity index (χ3v) is 3.88. The molecule has 0 spiro atoms. The first kappa shape index (κ1) is 14.1. The van der Waals surface area contributed by atoms with Gasteiger partial charge in [-0.3, -0.25) is 0 Å². The van der Waals surface area contributed by atoms with Gasteiger partial charge in [0, 0.05) is 6.54 Å². The quantitative estimate of drug-likeness (QED) is 0.752. The van der Waals surface area contributed by atoms with E-state index in [-0.39, 0.29) is 12.6 Å². The van der Waals surface area contributed by atoms with E-state index in [1.807, 2.05) is 6.92 Å². The fraction of sp³-hybridized carbons (Fsp3) is 0.846. The molecular weight excluding hydrogens is 248 g/mol. The summed E-state index contributed by atoms with van der Waals surface area (Å²) < 4.78 is 5.26. The third-order valence-electron chi connectivity index (χ3n) is 3.88. The van der Waals surface area contributed by atoms with Crippen LogP contribution in [0.15, 0.2) is 0 Å². The Labute approximate surface area is 113 Å². The Morgan fingerprint density at radius 1 is 1.47 bits per heavy atom. The summed E-state index contributed by atoms with van der Waals surface area (Å²) in [6.07, 6.45) is 2.56. The van der Waals surface area contributed by atoms with Crippen molar-refractivity contribution < 1.29 is 19.4 Å². The van der Waals surface area contributed by atoms with Crippen LogP contribution in [0.25, 0.3) is 0 Å². The number of hydrogen-bond acceptors (Lipinski definition) is 3. The van der Waals surface area contributed by atoms with Crippen molar-refractivity contribution in [1.82, 2.24) is 10.2 Å². The zero-order valence-corrected chi connectivity index (χ0v) is 11.5. The van der Waals surface area contributed by atoms with Gasteiger partial charge in [0.1, 0.15) is 12.2 Å². The highest BCUT2D eigenvalue weighted by atomic mass is 16.5. The van der Waals surface area contributed by atoms with Gasteiger partial charge >= 0.3 is 12.0 Å². The van der Waals surface area contributed by atoms with Crippen LogP contribution < -0.4 is 5.32 Å². The topological polar surface area (TPSA) is 78.9 Å². The highest BCUT2D eigenvalue weighted by Gasteiger charge is 2.43. The lowest BCUT2D eigenvalue weighted by atomic mass is 9.97. The molecule has 1 unspecified atom stereocenters. The average molecular weight is 270 g/mol. The highest BCUT2D eigenvalue weighted by molar-refractivity contribution is 5.75. The van der Waals surface area contributed by atoms with Gasteiger partial charge in [0.25, 0.3) is 0 Å². The first-order valence-electron chi connectivity index (χ1n) is 6.78. The molecule has 1 aliphatic heterocycles. The van der Waals surface area contributed by atoms with Crippen molar-refractivity contribution in [2.24, 2.45) is 11.8 Å². The number of aliphatic carboxylic acids is 1. The minimum Gasteiger partial charge on any atom is -0.480 e. The highest BCUT2D eigenvalue weighted by Crippen LogP contribution is 2.36. The number of likely N-dealkylation sites (tertiary alicyclic amines) is 1. The summed E-state index contributed by atoms with van der Waals surface area (Å²) in [5, 5.41) is 11.5. The Hall–Kier alpha value is -1.30. The Morgan fingerprint density at radius 3 is 2.63 bits per heavy atom. The Kier molecular flexibility index (Phi) is 3.99. The van der Waals surface area contributed by atoms with Crippen LogP contribution in [0.2, 0.25) is 0 Å². The molecule has 108 valence electrons. The molecule has 19 heavy (non-hydrogen) atoms. The van der Waals surface area contributed by atoms with E-state index in [4.69, 9.17) is 9.84 Å². The molecule has 2 rings (SSSR count). The summed E-state index contributed by atoms with van der Waals surface area (Å²) in [5.41, 5.74) is -0.516. The molecule has 0 bridgehead atoms. The van der Waals surface area contributed by atoms with E-state index in [9.17, 15) is 9.59 Å². The second-order valence-corrected chi connectivity index (χ2v) is 5.99. The molecule has 0 radical (unpaired) electrons. The standard InChI is InChI=1S/C13H22N2O4/c1-9(10-3-4-10)5-14-12(18)15-7-13(2,8-15)19-6-11(16)17/h9-10H,3-8H2,1-2H3,(H,14,18)(H,16,17). The fourth-order valence-electron chi connectivity index (χ4n) is 2.42. The predicted octanol–water partition coefficient (Wildman–Crippen LogP) is 0.918. The van der Waals surface area contributed by atoms with E-state index in [1.165, 1.54) is 12.8 Å². The van der Waals surface area contributed by atoms with Crippen molar-refractivity contribution in [1.29, 1.82) is 0 Å². The number of carboxylic acids is 1. The van der Waals surface area contributed by atoms with Crippen molar-refractivity contribution in [3.8, 4) is 0 Å². The predicted molar refractivity (Wildman–Crippen MR) is 68.9 cm³/mol.